The fourth-order valence-corrected chi connectivity index (χ4v) is 14.6. The smallest absolute Gasteiger partial charge is 0.187 e. The summed E-state index contributed by atoms with van der Waals surface area (Å²) in [7, 11) is 0. The SMILES string of the molecule is [C-]#[N+]c1cccc(-c2cc(-n3c4ccc(-c5nc(-c6ccccc6)nc(-c6ccccc6)n5)cc4c4cc(-c5nc(-c6ccccc6)nc(-c6ccccc6)n5)ccc43)ncc2-n2c3ccc(-c4nc(-c5ccccc5)nc(-c5ccccc5)n4)cc3c3cc(-c4nc(-c5ccccc5)nc(-c5ccccc5)n4)ccc32)c1. The first kappa shape index (κ1) is 65.6. The Bertz CT molecular complexity index is 6450. The topological polar surface area (TPSA) is 182 Å². The third kappa shape index (κ3) is 12.4. The van der Waals surface area contributed by atoms with Crippen LogP contribution in [0.2, 0.25) is 0 Å². The first-order valence-corrected chi connectivity index (χ1v) is 36.6. The van der Waals surface area contributed by atoms with E-state index in [0.29, 0.717) is 81.4 Å². The molecule has 0 atom stereocenters. The van der Waals surface area contributed by atoms with Crippen molar-refractivity contribution in [1.82, 2.24) is 73.9 Å². The lowest BCUT2D eigenvalue weighted by Crippen LogP contribution is -2.04. The van der Waals surface area contributed by atoms with Crippen LogP contribution < -0.4 is 0 Å². The number of pyridine rings is 1. The maximum absolute atomic E-state index is 8.41. The molecule has 0 saturated heterocycles. The van der Waals surface area contributed by atoms with Crippen LogP contribution in [0, 0.1) is 6.57 Å². The molecule has 0 unspecified atom stereocenters. The molecule has 0 aliphatic heterocycles. The second-order valence-electron chi connectivity index (χ2n) is 27.0. The van der Waals surface area contributed by atoms with Gasteiger partial charge in [0.2, 0.25) is 0 Å². The molecular weight excluding hydrogens is 1380 g/mol. The maximum Gasteiger partial charge on any atom is 0.187 e. The molecule has 0 spiro atoms. The van der Waals surface area contributed by atoms with Gasteiger partial charge < -0.3 is 4.57 Å². The molecule has 0 radical (unpaired) electrons. The van der Waals surface area contributed by atoms with Gasteiger partial charge >= 0.3 is 0 Å². The average molecular weight is 1440 g/mol. The molecule has 16 heteroatoms. The Morgan fingerprint density at radius 1 is 0.205 bits per heavy atom. The number of rotatable bonds is 15. The summed E-state index contributed by atoms with van der Waals surface area (Å²) in [5.41, 5.74) is 16.3. The quantitative estimate of drug-likeness (QED) is 0.0885. The van der Waals surface area contributed by atoms with E-state index in [1.165, 1.54) is 0 Å². The second kappa shape index (κ2) is 28.1. The molecule has 112 heavy (non-hydrogen) atoms. The van der Waals surface area contributed by atoms with E-state index in [1.54, 1.807) is 0 Å². The Labute approximate surface area is 642 Å². The monoisotopic (exact) mass is 1430 g/mol. The summed E-state index contributed by atoms with van der Waals surface area (Å²) in [5.74, 6) is 7.00. The molecule has 20 aromatic rings. The van der Waals surface area contributed by atoms with E-state index >= 15 is 0 Å². The number of hydrogen-bond acceptors (Lipinski definition) is 13. The number of fused-ring (bicyclic) bond motifs is 6. The average Bonchev–Trinajstić information content (AvgIpc) is 1.56. The molecule has 20 rings (SSSR count). The van der Waals surface area contributed by atoms with Gasteiger partial charge in [0.15, 0.2) is 75.6 Å². The van der Waals surface area contributed by atoms with Gasteiger partial charge in [0.05, 0.1) is 40.5 Å². The van der Waals surface area contributed by atoms with E-state index in [-0.39, 0.29) is 0 Å². The van der Waals surface area contributed by atoms with Crippen LogP contribution in [-0.4, -0.2) is 73.9 Å². The van der Waals surface area contributed by atoms with Crippen molar-refractivity contribution in [3.8, 4) is 159 Å². The normalized spacial score (nSPS) is 11.4. The first-order valence-electron chi connectivity index (χ1n) is 36.6. The minimum Gasteiger partial charge on any atom is -0.307 e. The Balaban J connectivity index is 0.819. The van der Waals surface area contributed by atoms with E-state index in [1.807, 2.05) is 267 Å². The van der Waals surface area contributed by atoms with Gasteiger partial charge in [-0.3, -0.25) is 4.57 Å². The first-order chi connectivity index (χ1) is 55.4. The van der Waals surface area contributed by atoms with Crippen molar-refractivity contribution in [2.75, 3.05) is 0 Å². The predicted octanol–water partition coefficient (Wildman–Crippen LogP) is 22.2. The zero-order valence-electron chi connectivity index (χ0n) is 59.6. The molecule has 13 aromatic carbocycles. The highest BCUT2D eigenvalue weighted by Crippen LogP contribution is 2.44. The van der Waals surface area contributed by atoms with Crippen LogP contribution >= 0.6 is 0 Å². The van der Waals surface area contributed by atoms with Gasteiger partial charge in [0.25, 0.3) is 0 Å². The molecule has 0 bridgehead atoms. The van der Waals surface area contributed by atoms with Crippen LogP contribution in [0.4, 0.5) is 5.69 Å². The zero-order chi connectivity index (χ0) is 74.4. The van der Waals surface area contributed by atoms with Gasteiger partial charge in [-0.25, -0.2) is 69.6 Å². The van der Waals surface area contributed by atoms with Crippen molar-refractivity contribution in [1.29, 1.82) is 0 Å². The Kier molecular flexibility index (Phi) is 16.5. The minimum atomic E-state index is 0.479. The summed E-state index contributed by atoms with van der Waals surface area (Å²) in [6, 6.07) is 115. The van der Waals surface area contributed by atoms with Crippen molar-refractivity contribution in [2.45, 2.75) is 0 Å². The molecule has 0 saturated carbocycles. The van der Waals surface area contributed by atoms with Crippen LogP contribution in [0.15, 0.2) is 352 Å². The second-order valence-corrected chi connectivity index (χ2v) is 27.0. The minimum absolute atomic E-state index is 0.479. The fourth-order valence-electron chi connectivity index (χ4n) is 14.6. The van der Waals surface area contributed by atoms with Crippen molar-refractivity contribution in [3.05, 3.63) is 363 Å². The third-order valence-corrected chi connectivity index (χ3v) is 20.0. The molecule has 0 aliphatic rings. The maximum atomic E-state index is 8.41. The largest absolute Gasteiger partial charge is 0.307 e. The van der Waals surface area contributed by atoms with Crippen LogP contribution in [0.25, 0.3) is 208 Å². The highest BCUT2D eigenvalue weighted by molar-refractivity contribution is 6.13. The van der Waals surface area contributed by atoms with Crippen LogP contribution in [-0.2, 0) is 0 Å². The molecule has 0 fully saturated rings. The number of hydrogen-bond donors (Lipinski definition) is 0. The van der Waals surface area contributed by atoms with E-state index < -0.39 is 0 Å². The summed E-state index contributed by atoms with van der Waals surface area (Å²) in [6.45, 7) is 8.41. The molecular formula is C96H58N16. The van der Waals surface area contributed by atoms with Crippen LogP contribution in [0.3, 0.4) is 0 Å². The predicted molar refractivity (Wildman–Crippen MR) is 443 cm³/mol. The highest BCUT2D eigenvalue weighted by Gasteiger charge is 2.26. The summed E-state index contributed by atoms with van der Waals surface area (Å²) >= 11 is 0. The van der Waals surface area contributed by atoms with Crippen LogP contribution in [0.5, 0.6) is 0 Å². The molecule has 7 aromatic heterocycles. The zero-order valence-corrected chi connectivity index (χ0v) is 59.6. The highest BCUT2D eigenvalue weighted by atomic mass is 15.1. The van der Waals surface area contributed by atoms with Gasteiger partial charge in [0, 0.05) is 93.9 Å². The van der Waals surface area contributed by atoms with Crippen LogP contribution in [0.1, 0.15) is 0 Å². The lowest BCUT2D eigenvalue weighted by atomic mass is 10.0. The van der Waals surface area contributed by atoms with Gasteiger partial charge in [0.1, 0.15) is 5.82 Å². The number of nitrogens with zero attached hydrogens (tertiary/aromatic N) is 16. The molecule has 0 aliphatic carbocycles. The standard InChI is InChI=1S/C96H58N16/c1-97-73-44-26-43-68(53-73)74-58-84(112-81-51-47-71(95-107-89(64-35-18-6-19-36-64)101-90(108-95)65-37-20-7-21-38-65)56-77(81)78-57-72(48-52-82(78)112)96-109-91(66-39-22-8-23-40-66)102-92(110-96)67-41-24-9-25-42-67)98-59-83(74)111-79-49-45-69(93-103-85(60-27-10-2-11-28-60)99-86(104-93)61-29-12-3-13-30-61)54-75(79)76-55-70(46-50-80(76)111)94-105-87(62-31-14-4-15-32-62)100-88(106-94)63-33-16-5-17-34-63/h2-59H. The Morgan fingerprint density at radius 3 is 0.688 bits per heavy atom. The van der Waals surface area contributed by atoms with E-state index in [0.717, 1.165) is 127 Å². The number of aromatic nitrogens is 15. The summed E-state index contributed by atoms with van der Waals surface area (Å²) < 4.78 is 4.47. The molecule has 0 N–H and O–H groups in total. The van der Waals surface area contributed by atoms with Gasteiger partial charge in [-0.2, -0.15) is 0 Å². The van der Waals surface area contributed by atoms with Crippen molar-refractivity contribution >= 4 is 49.3 Å². The van der Waals surface area contributed by atoms with Crippen molar-refractivity contribution in [3.63, 3.8) is 0 Å². The van der Waals surface area contributed by atoms with E-state index in [2.05, 4.69) is 98.9 Å². The molecule has 7 heterocycles. The number of benzene rings is 13. The molecule has 16 nitrogen and oxygen atoms in total. The lowest BCUT2D eigenvalue weighted by Gasteiger charge is -2.17. The molecule has 522 valence electrons. The third-order valence-electron chi connectivity index (χ3n) is 20.0. The fraction of sp³-hybridized carbons (Fsp3) is 0. The summed E-state index contributed by atoms with van der Waals surface area (Å²) in [5, 5.41) is 3.58. The van der Waals surface area contributed by atoms with Gasteiger partial charge in [-0.15, -0.1) is 0 Å². The summed E-state index contributed by atoms with van der Waals surface area (Å²) in [4.78, 5) is 71.7. The summed E-state index contributed by atoms with van der Waals surface area (Å²) in [6.07, 6.45) is 1.95. The molecule has 0 amide bonds. The van der Waals surface area contributed by atoms with Crippen molar-refractivity contribution < 1.29 is 0 Å². The van der Waals surface area contributed by atoms with Crippen molar-refractivity contribution in [2.24, 2.45) is 0 Å². The Hall–Kier alpha value is -15.9. The van der Waals surface area contributed by atoms with E-state index in [4.69, 9.17) is 71.4 Å². The Morgan fingerprint density at radius 2 is 0.438 bits per heavy atom. The van der Waals surface area contributed by atoms with Gasteiger partial charge in [-0.1, -0.05) is 261 Å². The van der Waals surface area contributed by atoms with E-state index in [9.17, 15) is 0 Å². The lowest BCUT2D eigenvalue weighted by molar-refractivity contribution is 1.05. The van der Waals surface area contributed by atoms with Gasteiger partial charge in [-0.05, 0) is 90.5 Å².